The number of rotatable bonds is 6. The molecule has 2 heterocycles. The maximum Gasteiger partial charge on any atom is 0.262 e. The normalized spacial score (nSPS) is 17.3. The summed E-state index contributed by atoms with van der Waals surface area (Å²) in [7, 11) is 0. The lowest BCUT2D eigenvalue weighted by Gasteiger charge is -2.28. The summed E-state index contributed by atoms with van der Waals surface area (Å²) >= 11 is 7.41. The molecule has 2 aromatic carbocycles. The molecular formula is C23H25ClN4O2S. The van der Waals surface area contributed by atoms with Gasteiger partial charge in [-0.1, -0.05) is 53.7 Å². The van der Waals surface area contributed by atoms with Gasteiger partial charge in [-0.3, -0.25) is 14.2 Å². The van der Waals surface area contributed by atoms with Crippen LogP contribution < -0.4 is 11.3 Å². The minimum Gasteiger partial charge on any atom is -0.337 e. The van der Waals surface area contributed by atoms with Crippen molar-refractivity contribution in [2.75, 3.05) is 13.1 Å². The first-order chi connectivity index (χ1) is 15.0. The first-order valence-corrected chi connectivity index (χ1v) is 11.7. The number of carbonyl (C=O) groups is 1. The lowest BCUT2D eigenvalue weighted by molar-refractivity contribution is -0.131. The van der Waals surface area contributed by atoms with Crippen LogP contribution in [-0.4, -0.2) is 39.5 Å². The third-order valence-electron chi connectivity index (χ3n) is 5.68. The smallest absolute Gasteiger partial charge is 0.262 e. The number of carbonyl (C=O) groups excluding carboxylic acids is 1. The van der Waals surface area contributed by atoms with Gasteiger partial charge >= 0.3 is 0 Å². The highest BCUT2D eigenvalue weighted by Crippen LogP contribution is 2.37. The molecule has 4 rings (SSSR count). The van der Waals surface area contributed by atoms with Crippen LogP contribution in [0.2, 0.25) is 5.02 Å². The summed E-state index contributed by atoms with van der Waals surface area (Å²) in [4.78, 5) is 33.4. The van der Waals surface area contributed by atoms with E-state index < -0.39 is 5.25 Å². The monoisotopic (exact) mass is 456 g/mol. The number of aromatic nitrogens is 2. The van der Waals surface area contributed by atoms with Gasteiger partial charge in [-0.25, -0.2) is 4.98 Å². The summed E-state index contributed by atoms with van der Waals surface area (Å²) in [5.41, 5.74) is 7.22. The summed E-state index contributed by atoms with van der Waals surface area (Å²) in [5.74, 6) is 0.0113. The Morgan fingerprint density at radius 3 is 2.77 bits per heavy atom. The van der Waals surface area contributed by atoms with Crippen molar-refractivity contribution in [2.24, 2.45) is 5.73 Å². The molecule has 0 spiro atoms. The van der Waals surface area contributed by atoms with Crippen LogP contribution in [0.3, 0.4) is 0 Å². The second-order valence-electron chi connectivity index (χ2n) is 7.58. The molecule has 31 heavy (non-hydrogen) atoms. The van der Waals surface area contributed by atoms with E-state index in [9.17, 15) is 9.59 Å². The molecule has 2 atom stereocenters. The lowest BCUT2D eigenvalue weighted by Crippen LogP contribution is -2.42. The average Bonchev–Trinajstić information content (AvgIpc) is 3.27. The predicted octanol–water partition coefficient (Wildman–Crippen LogP) is 3.85. The maximum atomic E-state index is 13.6. The van der Waals surface area contributed by atoms with Gasteiger partial charge in [0.15, 0.2) is 5.16 Å². The largest absolute Gasteiger partial charge is 0.337 e. The molecule has 0 saturated carbocycles. The van der Waals surface area contributed by atoms with Gasteiger partial charge in [-0.05, 0) is 43.5 Å². The molecule has 162 valence electrons. The van der Waals surface area contributed by atoms with Crippen molar-refractivity contribution in [3.8, 4) is 0 Å². The minimum atomic E-state index is -0.511. The van der Waals surface area contributed by atoms with Crippen LogP contribution in [0.5, 0.6) is 0 Å². The van der Waals surface area contributed by atoms with E-state index in [0.717, 1.165) is 18.4 Å². The van der Waals surface area contributed by atoms with Crippen LogP contribution in [0.15, 0.2) is 58.5 Å². The topological polar surface area (TPSA) is 81.2 Å². The molecule has 1 saturated heterocycles. The summed E-state index contributed by atoms with van der Waals surface area (Å²) in [6.07, 6.45) is 1.87. The fourth-order valence-electron chi connectivity index (χ4n) is 4.06. The van der Waals surface area contributed by atoms with E-state index in [-0.39, 0.29) is 17.5 Å². The molecular weight excluding hydrogens is 432 g/mol. The van der Waals surface area contributed by atoms with E-state index in [1.807, 2.05) is 42.2 Å². The summed E-state index contributed by atoms with van der Waals surface area (Å²) in [6, 6.07) is 14.8. The molecule has 1 amide bonds. The SMILES string of the molecule is CCn1c(SC(C(=O)N2CCCC2CN)c2ccccc2)nc2ccc(Cl)cc2c1=O. The molecule has 6 nitrogen and oxygen atoms in total. The molecule has 1 aliphatic rings. The van der Waals surface area contributed by atoms with Gasteiger partial charge in [-0.2, -0.15) is 0 Å². The van der Waals surface area contributed by atoms with E-state index in [2.05, 4.69) is 0 Å². The van der Waals surface area contributed by atoms with Crippen LogP contribution in [0.4, 0.5) is 0 Å². The van der Waals surface area contributed by atoms with Gasteiger partial charge in [-0.15, -0.1) is 0 Å². The Morgan fingerprint density at radius 1 is 1.29 bits per heavy atom. The number of amides is 1. The second-order valence-corrected chi connectivity index (χ2v) is 9.09. The first-order valence-electron chi connectivity index (χ1n) is 10.5. The third-order valence-corrected chi connectivity index (χ3v) is 7.15. The van der Waals surface area contributed by atoms with Crippen molar-refractivity contribution >= 4 is 40.2 Å². The third kappa shape index (κ3) is 4.35. The van der Waals surface area contributed by atoms with Crippen molar-refractivity contribution in [2.45, 2.75) is 42.8 Å². The molecule has 2 unspecified atom stereocenters. The van der Waals surface area contributed by atoms with E-state index in [1.54, 1.807) is 22.8 Å². The maximum absolute atomic E-state index is 13.6. The zero-order valence-corrected chi connectivity index (χ0v) is 18.9. The standard InChI is InChI=1S/C23H25ClN4O2S/c1-2-27-21(29)18-13-16(24)10-11-19(18)26-23(27)31-20(15-7-4-3-5-8-15)22(30)28-12-6-9-17(28)14-25/h3-5,7-8,10-11,13,17,20H,2,6,9,12,14,25H2,1H3. The number of hydrogen-bond acceptors (Lipinski definition) is 5. The van der Waals surface area contributed by atoms with Crippen molar-refractivity contribution in [1.29, 1.82) is 0 Å². The van der Waals surface area contributed by atoms with Crippen LogP contribution >= 0.6 is 23.4 Å². The number of likely N-dealkylation sites (tertiary alicyclic amines) is 1. The van der Waals surface area contributed by atoms with Gasteiger partial charge in [0.05, 0.1) is 10.9 Å². The quantitative estimate of drug-likeness (QED) is 0.450. The van der Waals surface area contributed by atoms with Crippen molar-refractivity contribution < 1.29 is 4.79 Å². The summed E-state index contributed by atoms with van der Waals surface area (Å²) < 4.78 is 1.61. The van der Waals surface area contributed by atoms with Gasteiger partial charge in [0.25, 0.3) is 5.56 Å². The van der Waals surface area contributed by atoms with E-state index in [0.29, 0.717) is 40.7 Å². The van der Waals surface area contributed by atoms with Gasteiger partial charge < -0.3 is 10.6 Å². The van der Waals surface area contributed by atoms with E-state index in [1.165, 1.54) is 11.8 Å². The highest BCUT2D eigenvalue weighted by atomic mass is 35.5. The molecule has 3 aromatic rings. The van der Waals surface area contributed by atoms with Crippen LogP contribution in [0.1, 0.15) is 30.6 Å². The summed E-state index contributed by atoms with van der Waals surface area (Å²) in [6.45, 7) is 3.50. The van der Waals surface area contributed by atoms with Crippen molar-refractivity contribution in [1.82, 2.24) is 14.5 Å². The molecule has 8 heteroatoms. The minimum absolute atomic E-state index is 0.0113. The molecule has 1 aromatic heterocycles. The van der Waals surface area contributed by atoms with Crippen LogP contribution in [-0.2, 0) is 11.3 Å². The lowest BCUT2D eigenvalue weighted by atomic mass is 10.1. The molecule has 1 fully saturated rings. The Labute approximate surface area is 190 Å². The van der Waals surface area contributed by atoms with Crippen molar-refractivity contribution in [3.63, 3.8) is 0 Å². The molecule has 0 bridgehead atoms. The Kier molecular flexibility index (Phi) is 6.65. The van der Waals surface area contributed by atoms with Crippen LogP contribution in [0.25, 0.3) is 10.9 Å². The highest BCUT2D eigenvalue weighted by Gasteiger charge is 2.34. The zero-order valence-electron chi connectivity index (χ0n) is 17.3. The molecule has 0 aliphatic carbocycles. The molecule has 1 aliphatic heterocycles. The van der Waals surface area contributed by atoms with Gasteiger partial charge in [0.1, 0.15) is 5.25 Å². The summed E-state index contributed by atoms with van der Waals surface area (Å²) in [5, 5.41) is 0.980. The van der Waals surface area contributed by atoms with Gasteiger partial charge in [0, 0.05) is 30.7 Å². The van der Waals surface area contributed by atoms with Crippen molar-refractivity contribution in [3.05, 3.63) is 69.5 Å². The van der Waals surface area contributed by atoms with E-state index in [4.69, 9.17) is 22.3 Å². The fraction of sp³-hybridized carbons (Fsp3) is 0.348. The Balaban J connectivity index is 1.79. The zero-order chi connectivity index (χ0) is 22.0. The predicted molar refractivity (Wildman–Crippen MR) is 126 cm³/mol. The van der Waals surface area contributed by atoms with Gasteiger partial charge in [0.2, 0.25) is 5.91 Å². The number of thioether (sulfide) groups is 1. The van der Waals surface area contributed by atoms with E-state index >= 15 is 0 Å². The number of nitrogens with zero attached hydrogens (tertiary/aromatic N) is 3. The molecule has 0 radical (unpaired) electrons. The number of nitrogens with two attached hydrogens (primary N) is 1. The number of benzene rings is 2. The average molecular weight is 457 g/mol. The highest BCUT2D eigenvalue weighted by molar-refractivity contribution is 8.00. The Bertz CT molecular complexity index is 1150. The fourth-order valence-corrected chi connectivity index (χ4v) is 5.46. The first kappa shape index (κ1) is 21.9. The Hall–Kier alpha value is -2.35. The van der Waals surface area contributed by atoms with Crippen LogP contribution in [0, 0.1) is 0 Å². The molecule has 2 N–H and O–H groups in total. The second kappa shape index (κ2) is 9.42. The Morgan fingerprint density at radius 2 is 2.06 bits per heavy atom. The number of halogens is 1. The number of hydrogen-bond donors (Lipinski definition) is 1. The number of fused-ring (bicyclic) bond motifs is 1.